The van der Waals surface area contributed by atoms with Crippen LogP contribution in [0.25, 0.3) is 0 Å². The minimum absolute atomic E-state index is 0.153. The molecule has 0 fully saturated rings. The maximum absolute atomic E-state index is 12.0. The van der Waals surface area contributed by atoms with E-state index >= 15 is 0 Å². The summed E-state index contributed by atoms with van der Waals surface area (Å²) in [6.45, 7) is 4.26. The fourth-order valence-corrected chi connectivity index (χ4v) is 1.80. The smallest absolute Gasteiger partial charge is 0.272 e. The lowest BCUT2D eigenvalue weighted by Crippen LogP contribution is -2.37. The SMILES string of the molecule is Cc1ccc(OCC(C)NC(=O)c2ncccc2N)cc1. The molecule has 5 heteroatoms. The van der Waals surface area contributed by atoms with Gasteiger partial charge < -0.3 is 15.8 Å². The van der Waals surface area contributed by atoms with Crippen molar-refractivity contribution in [3.05, 3.63) is 53.9 Å². The highest BCUT2D eigenvalue weighted by atomic mass is 16.5. The van der Waals surface area contributed by atoms with Crippen LogP contribution < -0.4 is 15.8 Å². The van der Waals surface area contributed by atoms with E-state index in [9.17, 15) is 4.79 Å². The van der Waals surface area contributed by atoms with Gasteiger partial charge in [0.15, 0.2) is 5.69 Å². The van der Waals surface area contributed by atoms with Crippen molar-refractivity contribution in [1.29, 1.82) is 0 Å². The number of nitrogens with zero attached hydrogens (tertiary/aromatic N) is 1. The number of anilines is 1. The van der Waals surface area contributed by atoms with Crippen LogP contribution >= 0.6 is 0 Å². The number of nitrogen functional groups attached to an aromatic ring is 1. The fraction of sp³-hybridized carbons (Fsp3) is 0.250. The summed E-state index contributed by atoms with van der Waals surface area (Å²) in [7, 11) is 0. The molecular formula is C16H19N3O2. The topological polar surface area (TPSA) is 77.2 Å². The van der Waals surface area contributed by atoms with Gasteiger partial charge >= 0.3 is 0 Å². The standard InChI is InChI=1S/C16H19N3O2/c1-11-5-7-13(8-6-11)21-10-12(2)19-16(20)15-14(17)4-3-9-18-15/h3-9,12H,10,17H2,1-2H3,(H,19,20). The van der Waals surface area contributed by atoms with Gasteiger partial charge in [0.25, 0.3) is 5.91 Å². The van der Waals surface area contributed by atoms with Crippen molar-refractivity contribution < 1.29 is 9.53 Å². The normalized spacial score (nSPS) is 11.7. The van der Waals surface area contributed by atoms with E-state index in [1.54, 1.807) is 18.3 Å². The number of amides is 1. The molecule has 0 bridgehead atoms. The van der Waals surface area contributed by atoms with Gasteiger partial charge in [-0.05, 0) is 38.1 Å². The van der Waals surface area contributed by atoms with Crippen LogP contribution in [0.2, 0.25) is 0 Å². The van der Waals surface area contributed by atoms with Gasteiger partial charge in [-0.3, -0.25) is 4.79 Å². The summed E-state index contributed by atoms with van der Waals surface area (Å²) in [4.78, 5) is 16.0. The van der Waals surface area contributed by atoms with Crippen molar-refractivity contribution in [2.75, 3.05) is 12.3 Å². The van der Waals surface area contributed by atoms with Gasteiger partial charge in [-0.1, -0.05) is 17.7 Å². The number of nitrogens with two attached hydrogens (primary N) is 1. The molecule has 0 aliphatic rings. The van der Waals surface area contributed by atoms with Crippen LogP contribution in [0.3, 0.4) is 0 Å². The third-order valence-corrected chi connectivity index (χ3v) is 2.95. The summed E-state index contributed by atoms with van der Waals surface area (Å²) >= 11 is 0. The van der Waals surface area contributed by atoms with Crippen molar-refractivity contribution in [3.8, 4) is 5.75 Å². The Hall–Kier alpha value is -2.56. The Kier molecular flexibility index (Phi) is 4.77. The maximum Gasteiger partial charge on any atom is 0.272 e. The summed E-state index contributed by atoms with van der Waals surface area (Å²) in [5.41, 5.74) is 7.50. The first-order valence-corrected chi connectivity index (χ1v) is 6.77. The lowest BCUT2D eigenvalue weighted by atomic mass is 10.2. The van der Waals surface area contributed by atoms with E-state index < -0.39 is 0 Å². The number of ether oxygens (including phenoxy) is 1. The quantitative estimate of drug-likeness (QED) is 0.882. The van der Waals surface area contributed by atoms with Crippen LogP contribution in [0.1, 0.15) is 23.0 Å². The first kappa shape index (κ1) is 14.8. The van der Waals surface area contributed by atoms with E-state index in [1.165, 1.54) is 5.56 Å². The van der Waals surface area contributed by atoms with Gasteiger partial charge in [-0.15, -0.1) is 0 Å². The number of hydrogen-bond donors (Lipinski definition) is 2. The molecule has 1 atom stereocenters. The Morgan fingerprint density at radius 1 is 1.33 bits per heavy atom. The van der Waals surface area contributed by atoms with Crippen LogP contribution in [0.5, 0.6) is 5.75 Å². The molecule has 1 amide bonds. The highest BCUT2D eigenvalue weighted by Crippen LogP contribution is 2.12. The number of benzene rings is 1. The maximum atomic E-state index is 12.0. The summed E-state index contributed by atoms with van der Waals surface area (Å²) in [5.74, 6) is 0.479. The molecule has 2 rings (SSSR count). The lowest BCUT2D eigenvalue weighted by Gasteiger charge is -2.15. The number of aromatic nitrogens is 1. The molecule has 21 heavy (non-hydrogen) atoms. The lowest BCUT2D eigenvalue weighted by molar-refractivity contribution is 0.0922. The van der Waals surface area contributed by atoms with Gasteiger partial charge in [-0.25, -0.2) is 4.98 Å². The van der Waals surface area contributed by atoms with Gasteiger partial charge in [0.1, 0.15) is 12.4 Å². The van der Waals surface area contributed by atoms with Gasteiger partial charge in [0.2, 0.25) is 0 Å². The second kappa shape index (κ2) is 6.74. The van der Waals surface area contributed by atoms with Gasteiger partial charge in [-0.2, -0.15) is 0 Å². The van der Waals surface area contributed by atoms with Crippen molar-refractivity contribution in [3.63, 3.8) is 0 Å². The minimum atomic E-state index is -0.298. The third kappa shape index (κ3) is 4.21. The minimum Gasteiger partial charge on any atom is -0.491 e. The number of hydrogen-bond acceptors (Lipinski definition) is 4. The predicted octanol–water partition coefficient (Wildman–Crippen LogP) is 2.17. The van der Waals surface area contributed by atoms with E-state index in [0.29, 0.717) is 12.3 Å². The highest BCUT2D eigenvalue weighted by Gasteiger charge is 2.13. The molecule has 0 aliphatic heterocycles. The first-order valence-electron chi connectivity index (χ1n) is 6.77. The number of carbonyl (C=O) groups is 1. The van der Waals surface area contributed by atoms with Crippen LogP contribution in [-0.4, -0.2) is 23.5 Å². The molecule has 0 saturated heterocycles. The summed E-state index contributed by atoms with van der Waals surface area (Å²) in [6.07, 6.45) is 1.54. The van der Waals surface area contributed by atoms with E-state index in [0.717, 1.165) is 5.75 Å². The molecule has 1 aromatic carbocycles. The molecule has 0 radical (unpaired) electrons. The number of aryl methyl sites for hydroxylation is 1. The molecule has 0 aliphatic carbocycles. The Bertz CT molecular complexity index is 611. The average Bonchev–Trinajstić information content (AvgIpc) is 2.47. The van der Waals surface area contributed by atoms with E-state index in [1.807, 2.05) is 38.1 Å². The monoisotopic (exact) mass is 285 g/mol. The molecule has 1 heterocycles. The molecule has 0 spiro atoms. The summed E-state index contributed by atoms with van der Waals surface area (Å²) in [6, 6.07) is 11.0. The molecule has 2 aromatic rings. The second-order valence-electron chi connectivity index (χ2n) is 4.94. The highest BCUT2D eigenvalue weighted by molar-refractivity contribution is 5.97. The average molecular weight is 285 g/mol. The third-order valence-electron chi connectivity index (χ3n) is 2.95. The van der Waals surface area contributed by atoms with Gasteiger partial charge in [0, 0.05) is 6.20 Å². The molecule has 3 N–H and O–H groups in total. The number of pyridine rings is 1. The molecule has 1 unspecified atom stereocenters. The molecule has 0 saturated carbocycles. The van der Waals surface area contributed by atoms with Crippen LogP contribution in [0.4, 0.5) is 5.69 Å². The Morgan fingerprint density at radius 2 is 2.05 bits per heavy atom. The van der Waals surface area contributed by atoms with Crippen molar-refractivity contribution >= 4 is 11.6 Å². The zero-order valence-corrected chi connectivity index (χ0v) is 12.2. The first-order chi connectivity index (χ1) is 10.1. The van der Waals surface area contributed by atoms with E-state index in [2.05, 4.69) is 10.3 Å². The molecular weight excluding hydrogens is 266 g/mol. The van der Waals surface area contributed by atoms with Crippen molar-refractivity contribution in [2.24, 2.45) is 0 Å². The van der Waals surface area contributed by atoms with Crippen LogP contribution in [0, 0.1) is 6.92 Å². The largest absolute Gasteiger partial charge is 0.491 e. The number of carbonyl (C=O) groups excluding carboxylic acids is 1. The molecule has 5 nitrogen and oxygen atoms in total. The molecule has 110 valence electrons. The van der Waals surface area contributed by atoms with Crippen LogP contribution in [0.15, 0.2) is 42.6 Å². The zero-order chi connectivity index (χ0) is 15.2. The predicted molar refractivity (Wildman–Crippen MR) is 82.3 cm³/mol. The van der Waals surface area contributed by atoms with E-state index in [-0.39, 0.29) is 17.6 Å². The van der Waals surface area contributed by atoms with Gasteiger partial charge in [0.05, 0.1) is 11.7 Å². The summed E-state index contributed by atoms with van der Waals surface area (Å²) in [5, 5.41) is 2.81. The summed E-state index contributed by atoms with van der Waals surface area (Å²) < 4.78 is 5.62. The zero-order valence-electron chi connectivity index (χ0n) is 12.2. The number of rotatable bonds is 5. The second-order valence-corrected chi connectivity index (χ2v) is 4.94. The van der Waals surface area contributed by atoms with Crippen molar-refractivity contribution in [2.45, 2.75) is 19.9 Å². The fourth-order valence-electron chi connectivity index (χ4n) is 1.80. The Morgan fingerprint density at radius 3 is 2.71 bits per heavy atom. The van der Waals surface area contributed by atoms with Crippen LogP contribution in [-0.2, 0) is 0 Å². The van der Waals surface area contributed by atoms with E-state index in [4.69, 9.17) is 10.5 Å². The Balaban J connectivity index is 1.87. The number of nitrogens with one attached hydrogen (secondary N) is 1. The Labute approximate surface area is 124 Å². The molecule has 1 aromatic heterocycles. The van der Waals surface area contributed by atoms with Crippen molar-refractivity contribution in [1.82, 2.24) is 10.3 Å².